The van der Waals surface area contributed by atoms with E-state index >= 15 is 0 Å². The van der Waals surface area contributed by atoms with Crippen LogP contribution in [0.5, 0.6) is 0 Å². The fourth-order valence-corrected chi connectivity index (χ4v) is 0.761. The Hall–Kier alpha value is -2.32. The highest BCUT2D eigenvalue weighted by Gasteiger charge is 1.93. The second-order valence-corrected chi connectivity index (χ2v) is 3.71. The van der Waals surface area contributed by atoms with Gasteiger partial charge in [0, 0.05) is 26.0 Å². The minimum Gasteiger partial charge on any atom is -0.550 e. The third kappa shape index (κ3) is 18.3. The number of rotatable bonds is 5. The highest BCUT2D eigenvalue weighted by Crippen LogP contribution is 1.96. The van der Waals surface area contributed by atoms with Crippen molar-refractivity contribution >= 4 is 23.9 Å². The van der Waals surface area contributed by atoms with Gasteiger partial charge in [0.1, 0.15) is 0 Å². The molecule has 5 N–H and O–H groups in total. The van der Waals surface area contributed by atoms with Gasteiger partial charge in [-0.15, -0.1) is 0 Å². The maximum Gasteiger partial charge on any atom is 0.220 e. The molecule has 0 saturated carbocycles. The summed E-state index contributed by atoms with van der Waals surface area (Å²) in [5, 5.41) is 26.6. The lowest BCUT2D eigenvalue weighted by Crippen LogP contribution is -2.28. The number of guanidine groups is 2. The average molecular weight is 273 g/mol. The Morgan fingerprint density at radius 2 is 1.47 bits per heavy atom. The van der Waals surface area contributed by atoms with Crippen molar-refractivity contribution in [1.82, 2.24) is 4.90 Å². The van der Waals surface area contributed by atoms with E-state index < -0.39 is 11.9 Å². The van der Waals surface area contributed by atoms with Crippen LogP contribution in [0.25, 0.3) is 0 Å². The number of carbonyl (C=O) groups is 2. The summed E-state index contributed by atoms with van der Waals surface area (Å²) in [7, 11) is 3.38. The lowest BCUT2D eigenvalue weighted by molar-refractivity contribution is -0.308. The van der Waals surface area contributed by atoms with Gasteiger partial charge in [-0.1, -0.05) is 0 Å². The number of hydrogen-bond acceptors (Lipinski definition) is 5. The van der Waals surface area contributed by atoms with Gasteiger partial charge in [-0.2, -0.15) is 4.99 Å². The molecule has 0 saturated heterocycles. The summed E-state index contributed by atoms with van der Waals surface area (Å²) < 4.78 is 0. The number of aliphatic imine (C=N–C) groups is 1. The van der Waals surface area contributed by atoms with Crippen LogP contribution in [0.1, 0.15) is 25.7 Å². The zero-order valence-electron chi connectivity index (χ0n) is 11.0. The summed E-state index contributed by atoms with van der Waals surface area (Å²) in [4.78, 5) is 24.5. The molecule has 110 valence electrons. The van der Waals surface area contributed by atoms with E-state index in [1.807, 2.05) is 0 Å². The molecule has 9 heteroatoms. The largest absolute Gasteiger partial charge is 0.550 e. The molecule has 0 atom stereocenters. The van der Waals surface area contributed by atoms with Crippen LogP contribution in [-0.4, -0.2) is 42.9 Å². The van der Waals surface area contributed by atoms with Gasteiger partial charge in [-0.25, -0.2) is 0 Å². The first-order valence-corrected chi connectivity index (χ1v) is 5.42. The van der Waals surface area contributed by atoms with Gasteiger partial charge in [0.25, 0.3) is 0 Å². The van der Waals surface area contributed by atoms with E-state index in [9.17, 15) is 19.8 Å². The second kappa shape index (κ2) is 10.8. The Kier molecular flexibility index (Phi) is 10.8. The minimum atomic E-state index is -1.14. The lowest BCUT2D eigenvalue weighted by atomic mass is 10.2. The number of unbranched alkanes of at least 4 members (excludes halogenated alkanes) is 1. The van der Waals surface area contributed by atoms with Crippen LogP contribution in [0.2, 0.25) is 0 Å². The molecule has 0 aliphatic carbocycles. The predicted octanol–water partition coefficient (Wildman–Crippen LogP) is -3.20. The number of hydrogen-bond donors (Lipinski definition) is 3. The molecule has 0 aromatic heterocycles. The van der Waals surface area contributed by atoms with Crippen molar-refractivity contribution in [2.24, 2.45) is 16.5 Å². The van der Waals surface area contributed by atoms with Crippen LogP contribution < -0.4 is 21.7 Å². The number of carboxylic acid groups (broad SMARTS) is 2. The van der Waals surface area contributed by atoms with Crippen molar-refractivity contribution in [3.05, 3.63) is 0 Å². The quantitative estimate of drug-likeness (QED) is 0.269. The van der Waals surface area contributed by atoms with Crippen LogP contribution in [-0.2, 0) is 9.59 Å². The van der Waals surface area contributed by atoms with Crippen molar-refractivity contribution in [2.75, 3.05) is 14.1 Å². The molecule has 0 fully saturated rings. The zero-order chi connectivity index (χ0) is 15.4. The molecule has 0 aromatic rings. The third-order valence-corrected chi connectivity index (χ3v) is 1.67. The summed E-state index contributed by atoms with van der Waals surface area (Å²) in [6, 6.07) is 0. The van der Waals surface area contributed by atoms with Gasteiger partial charge in [-0.05, 0) is 25.7 Å². The maximum atomic E-state index is 9.77. The highest BCUT2D eigenvalue weighted by molar-refractivity contribution is 5.91. The van der Waals surface area contributed by atoms with Gasteiger partial charge in [0.15, 0.2) is 5.96 Å². The summed E-state index contributed by atoms with van der Waals surface area (Å²) in [6.07, 6.45) is 0.535. The number of carboxylic acids is 2. The monoisotopic (exact) mass is 273 g/mol. The standard InChI is InChI=1S/C6H10O4.C4H11N5/c7-5(8)3-1-2-4-6(9)10;1-9(2)4(7)8-3(5)6/h1-4H2,(H,7,8)(H,9,10);1-2H3,(H5,5,6,7,8)/p-2. The van der Waals surface area contributed by atoms with Crippen molar-refractivity contribution < 1.29 is 19.8 Å². The molecule has 0 bridgehead atoms. The fourth-order valence-electron chi connectivity index (χ4n) is 0.761. The lowest BCUT2D eigenvalue weighted by Gasteiger charge is -2.07. The first-order valence-electron chi connectivity index (χ1n) is 5.42. The molecule has 0 rings (SSSR count). The van der Waals surface area contributed by atoms with Gasteiger partial charge < -0.3 is 36.2 Å². The van der Waals surface area contributed by atoms with E-state index in [2.05, 4.69) is 4.99 Å². The van der Waals surface area contributed by atoms with Gasteiger partial charge in [0.2, 0.25) is 5.96 Å². The highest BCUT2D eigenvalue weighted by atomic mass is 16.4. The van der Waals surface area contributed by atoms with Crippen molar-refractivity contribution in [3.63, 3.8) is 0 Å². The fraction of sp³-hybridized carbons (Fsp3) is 0.600. The smallest absolute Gasteiger partial charge is 0.220 e. The van der Waals surface area contributed by atoms with Crippen LogP contribution in [0, 0.1) is 5.41 Å². The molecule has 0 aliphatic heterocycles. The van der Waals surface area contributed by atoms with Crippen LogP contribution in [0.15, 0.2) is 4.99 Å². The molecule has 0 aliphatic rings. The number of carbonyl (C=O) groups excluding carboxylic acids is 2. The molecular formula is C10H19N5O4-2. The Morgan fingerprint density at radius 1 is 1.11 bits per heavy atom. The van der Waals surface area contributed by atoms with E-state index in [-0.39, 0.29) is 24.8 Å². The Labute approximate surface area is 111 Å². The minimum absolute atomic E-state index is 0.0509. The number of aliphatic carboxylic acids is 2. The van der Waals surface area contributed by atoms with E-state index in [0.717, 1.165) is 0 Å². The SMILES string of the molecule is CN(C)C(=N)N=C(N)N.O=C([O-])CCCCC(=O)[O-]. The maximum absolute atomic E-state index is 9.77. The van der Waals surface area contributed by atoms with Crippen LogP contribution >= 0.6 is 0 Å². The third-order valence-electron chi connectivity index (χ3n) is 1.67. The number of nitrogens with zero attached hydrogens (tertiary/aromatic N) is 2. The van der Waals surface area contributed by atoms with Gasteiger partial charge in [0.05, 0.1) is 0 Å². The van der Waals surface area contributed by atoms with Gasteiger partial charge in [-0.3, -0.25) is 5.41 Å². The summed E-state index contributed by atoms with van der Waals surface area (Å²) >= 11 is 0. The van der Waals surface area contributed by atoms with Crippen LogP contribution in [0.3, 0.4) is 0 Å². The molecule has 0 heterocycles. The van der Waals surface area contributed by atoms with E-state index in [0.29, 0.717) is 12.8 Å². The molecule has 0 amide bonds. The Morgan fingerprint density at radius 3 is 1.63 bits per heavy atom. The van der Waals surface area contributed by atoms with Crippen molar-refractivity contribution in [2.45, 2.75) is 25.7 Å². The number of nitrogens with two attached hydrogens (primary N) is 2. The Bertz CT molecular complexity index is 321. The molecule has 9 nitrogen and oxygen atoms in total. The van der Waals surface area contributed by atoms with E-state index in [1.54, 1.807) is 14.1 Å². The summed E-state index contributed by atoms with van der Waals surface area (Å²) in [5.74, 6) is -2.32. The first kappa shape index (κ1) is 19.0. The normalized spacial score (nSPS) is 8.74. The molecule has 0 unspecified atom stereocenters. The predicted molar refractivity (Wildman–Crippen MR) is 65.7 cm³/mol. The second-order valence-electron chi connectivity index (χ2n) is 3.71. The topological polar surface area (TPSA) is 172 Å². The Balaban J connectivity index is 0. The molecule has 0 radical (unpaired) electrons. The van der Waals surface area contributed by atoms with Gasteiger partial charge >= 0.3 is 0 Å². The summed E-state index contributed by atoms with van der Waals surface area (Å²) in [6.45, 7) is 0. The molecule has 0 spiro atoms. The zero-order valence-corrected chi connectivity index (χ0v) is 11.0. The number of nitrogens with one attached hydrogen (secondary N) is 1. The van der Waals surface area contributed by atoms with Crippen molar-refractivity contribution in [3.8, 4) is 0 Å². The van der Waals surface area contributed by atoms with E-state index in [1.165, 1.54) is 4.90 Å². The molecule has 19 heavy (non-hydrogen) atoms. The van der Waals surface area contributed by atoms with Crippen molar-refractivity contribution in [1.29, 1.82) is 5.41 Å². The average Bonchev–Trinajstić information content (AvgIpc) is 2.23. The van der Waals surface area contributed by atoms with E-state index in [4.69, 9.17) is 16.9 Å². The van der Waals surface area contributed by atoms with Crippen LogP contribution in [0.4, 0.5) is 0 Å². The first-order chi connectivity index (χ1) is 8.66. The molecule has 0 aromatic carbocycles. The molecular weight excluding hydrogens is 254 g/mol. The summed E-state index contributed by atoms with van der Waals surface area (Å²) in [5.41, 5.74) is 9.98.